The van der Waals surface area contributed by atoms with Crippen molar-refractivity contribution in [3.63, 3.8) is 0 Å². The number of methoxy groups -OCH3 is 1. The van der Waals surface area contributed by atoms with Crippen LogP contribution in [-0.2, 0) is 9.47 Å². The van der Waals surface area contributed by atoms with E-state index in [1.807, 2.05) is 12.1 Å². The van der Waals surface area contributed by atoms with E-state index in [0.717, 1.165) is 25.9 Å². The molecule has 2 atom stereocenters. The van der Waals surface area contributed by atoms with E-state index in [1.165, 1.54) is 0 Å². The minimum atomic E-state index is -0.873. The fraction of sp³-hybridized carbons (Fsp3) is 0.500. The predicted octanol–water partition coefficient (Wildman–Crippen LogP) is 2.28. The maximum Gasteiger partial charge on any atom is 0.158 e. The molecule has 108 valence electrons. The summed E-state index contributed by atoms with van der Waals surface area (Å²) < 4.78 is 16.1. The van der Waals surface area contributed by atoms with Crippen molar-refractivity contribution in [1.29, 1.82) is 0 Å². The molecule has 4 heteroatoms. The Bertz CT molecular complexity index is 469. The average Bonchev–Trinajstić information content (AvgIpc) is 2.52. The highest BCUT2D eigenvalue weighted by Crippen LogP contribution is 2.23. The quantitative estimate of drug-likeness (QED) is 0.857. The SMILES string of the molecule is COc1ccccc1C(O)C#CCOC1CCCCO1. The summed E-state index contributed by atoms with van der Waals surface area (Å²) in [6, 6.07) is 7.29. The Kier molecular flexibility index (Phi) is 5.87. The van der Waals surface area contributed by atoms with Crippen LogP contribution >= 0.6 is 0 Å². The van der Waals surface area contributed by atoms with Gasteiger partial charge in [0, 0.05) is 12.2 Å². The van der Waals surface area contributed by atoms with Gasteiger partial charge < -0.3 is 19.3 Å². The first-order chi connectivity index (χ1) is 9.81. The lowest BCUT2D eigenvalue weighted by Gasteiger charge is -2.21. The van der Waals surface area contributed by atoms with Crippen LogP contribution in [0.25, 0.3) is 0 Å². The Balaban J connectivity index is 1.84. The summed E-state index contributed by atoms with van der Waals surface area (Å²) in [7, 11) is 1.57. The molecular formula is C16H20O4. The first-order valence-corrected chi connectivity index (χ1v) is 6.84. The third-order valence-electron chi connectivity index (χ3n) is 3.15. The summed E-state index contributed by atoms with van der Waals surface area (Å²) in [6.07, 6.45) is 2.11. The largest absolute Gasteiger partial charge is 0.496 e. The first kappa shape index (κ1) is 14.9. The van der Waals surface area contributed by atoms with Crippen LogP contribution in [0.4, 0.5) is 0 Å². The monoisotopic (exact) mass is 276 g/mol. The van der Waals surface area contributed by atoms with Crippen LogP contribution < -0.4 is 4.74 Å². The summed E-state index contributed by atoms with van der Waals surface area (Å²) in [5, 5.41) is 10.0. The van der Waals surface area contributed by atoms with Gasteiger partial charge >= 0.3 is 0 Å². The Morgan fingerprint density at radius 1 is 1.40 bits per heavy atom. The Labute approximate surface area is 119 Å². The first-order valence-electron chi connectivity index (χ1n) is 6.84. The number of aliphatic hydroxyl groups is 1. The summed E-state index contributed by atoms with van der Waals surface area (Å²) in [4.78, 5) is 0. The number of benzene rings is 1. The number of para-hydroxylation sites is 1. The molecular weight excluding hydrogens is 256 g/mol. The smallest absolute Gasteiger partial charge is 0.158 e. The molecule has 1 aromatic carbocycles. The van der Waals surface area contributed by atoms with Gasteiger partial charge in [-0.25, -0.2) is 0 Å². The summed E-state index contributed by atoms with van der Waals surface area (Å²) in [6.45, 7) is 1.01. The van der Waals surface area contributed by atoms with Gasteiger partial charge in [0.2, 0.25) is 0 Å². The fourth-order valence-corrected chi connectivity index (χ4v) is 2.09. The van der Waals surface area contributed by atoms with E-state index in [0.29, 0.717) is 11.3 Å². The predicted molar refractivity (Wildman–Crippen MR) is 75.3 cm³/mol. The third-order valence-corrected chi connectivity index (χ3v) is 3.15. The molecule has 0 spiro atoms. The highest BCUT2D eigenvalue weighted by molar-refractivity contribution is 5.38. The average molecular weight is 276 g/mol. The number of hydrogen-bond donors (Lipinski definition) is 1. The Morgan fingerprint density at radius 2 is 2.25 bits per heavy atom. The molecule has 1 aliphatic heterocycles. The van der Waals surface area contributed by atoms with Crippen LogP contribution in [0.5, 0.6) is 5.75 Å². The van der Waals surface area contributed by atoms with Crippen LogP contribution in [-0.4, -0.2) is 31.7 Å². The molecule has 0 aromatic heterocycles. The number of aliphatic hydroxyl groups excluding tert-OH is 1. The number of rotatable bonds is 4. The zero-order valence-electron chi connectivity index (χ0n) is 11.7. The van der Waals surface area contributed by atoms with E-state index in [9.17, 15) is 5.11 Å². The van der Waals surface area contributed by atoms with Gasteiger partial charge in [-0.2, -0.15) is 0 Å². The summed E-state index contributed by atoms with van der Waals surface area (Å²) >= 11 is 0. The lowest BCUT2D eigenvalue weighted by molar-refractivity contribution is -0.154. The van der Waals surface area contributed by atoms with Crippen LogP contribution in [0.3, 0.4) is 0 Å². The molecule has 1 fully saturated rings. The van der Waals surface area contributed by atoms with E-state index < -0.39 is 6.10 Å². The normalized spacial score (nSPS) is 19.8. The Morgan fingerprint density at radius 3 is 3.00 bits per heavy atom. The summed E-state index contributed by atoms with van der Waals surface area (Å²) in [5.41, 5.74) is 0.663. The second-order valence-corrected chi connectivity index (χ2v) is 4.57. The topological polar surface area (TPSA) is 47.9 Å². The van der Waals surface area contributed by atoms with Crippen LogP contribution in [0.1, 0.15) is 30.9 Å². The fourth-order valence-electron chi connectivity index (χ4n) is 2.09. The number of hydrogen-bond acceptors (Lipinski definition) is 4. The van der Waals surface area contributed by atoms with Gasteiger partial charge in [-0.3, -0.25) is 0 Å². The third kappa shape index (κ3) is 4.24. The second kappa shape index (κ2) is 7.91. The Hall–Kier alpha value is -1.54. The second-order valence-electron chi connectivity index (χ2n) is 4.57. The molecule has 0 saturated carbocycles. The molecule has 20 heavy (non-hydrogen) atoms. The van der Waals surface area contributed by atoms with Gasteiger partial charge in [-0.1, -0.05) is 30.0 Å². The van der Waals surface area contributed by atoms with Crippen molar-refractivity contribution in [2.24, 2.45) is 0 Å². The van der Waals surface area contributed by atoms with Crippen molar-refractivity contribution < 1.29 is 19.3 Å². The lowest BCUT2D eigenvalue weighted by Crippen LogP contribution is -2.22. The van der Waals surface area contributed by atoms with Crippen LogP contribution in [0, 0.1) is 11.8 Å². The molecule has 1 aliphatic rings. The summed E-state index contributed by atoms with van der Waals surface area (Å²) in [5.74, 6) is 6.21. The molecule has 2 unspecified atom stereocenters. The minimum Gasteiger partial charge on any atom is -0.496 e. The zero-order chi connectivity index (χ0) is 14.2. The van der Waals surface area contributed by atoms with Crippen molar-refractivity contribution >= 4 is 0 Å². The van der Waals surface area contributed by atoms with Crippen molar-refractivity contribution in [2.75, 3.05) is 20.3 Å². The van der Waals surface area contributed by atoms with E-state index >= 15 is 0 Å². The molecule has 4 nitrogen and oxygen atoms in total. The van der Waals surface area contributed by atoms with Crippen LogP contribution in [0.2, 0.25) is 0 Å². The van der Waals surface area contributed by atoms with Crippen molar-refractivity contribution in [3.8, 4) is 17.6 Å². The van der Waals surface area contributed by atoms with Crippen molar-refractivity contribution in [2.45, 2.75) is 31.7 Å². The highest BCUT2D eigenvalue weighted by Gasteiger charge is 2.13. The van der Waals surface area contributed by atoms with Gasteiger partial charge in [-0.05, 0) is 25.3 Å². The molecule has 0 amide bonds. The van der Waals surface area contributed by atoms with E-state index in [4.69, 9.17) is 14.2 Å². The molecule has 2 rings (SSSR count). The molecule has 0 radical (unpaired) electrons. The zero-order valence-corrected chi connectivity index (χ0v) is 11.7. The maximum absolute atomic E-state index is 10.0. The molecule has 0 bridgehead atoms. The van der Waals surface area contributed by atoms with Gasteiger partial charge in [0.15, 0.2) is 6.29 Å². The molecule has 1 saturated heterocycles. The minimum absolute atomic E-state index is 0.151. The van der Waals surface area contributed by atoms with E-state index in [1.54, 1.807) is 19.2 Å². The van der Waals surface area contributed by atoms with Gasteiger partial charge in [0.05, 0.1) is 7.11 Å². The highest BCUT2D eigenvalue weighted by atomic mass is 16.7. The van der Waals surface area contributed by atoms with Crippen molar-refractivity contribution in [1.82, 2.24) is 0 Å². The molecule has 0 aliphatic carbocycles. The van der Waals surface area contributed by atoms with Gasteiger partial charge in [-0.15, -0.1) is 0 Å². The van der Waals surface area contributed by atoms with Crippen LogP contribution in [0.15, 0.2) is 24.3 Å². The molecule has 1 N–H and O–H groups in total. The van der Waals surface area contributed by atoms with E-state index in [2.05, 4.69) is 11.8 Å². The van der Waals surface area contributed by atoms with Gasteiger partial charge in [0.1, 0.15) is 18.5 Å². The molecule has 1 aromatic rings. The lowest BCUT2D eigenvalue weighted by atomic mass is 10.1. The number of ether oxygens (including phenoxy) is 3. The van der Waals surface area contributed by atoms with E-state index in [-0.39, 0.29) is 12.9 Å². The van der Waals surface area contributed by atoms with Gasteiger partial charge in [0.25, 0.3) is 0 Å². The molecule has 1 heterocycles. The standard InChI is InChI=1S/C16H20O4/c1-18-15-9-3-2-7-13(15)14(17)8-6-12-20-16-10-4-5-11-19-16/h2-3,7,9,14,16-17H,4-5,10-12H2,1H3. The maximum atomic E-state index is 10.0. The van der Waals surface area contributed by atoms with Crippen molar-refractivity contribution in [3.05, 3.63) is 29.8 Å².